The molecular formula is C16H16N2O4. The van der Waals surface area contributed by atoms with Crippen molar-refractivity contribution in [3.05, 3.63) is 47.5 Å². The van der Waals surface area contributed by atoms with Crippen molar-refractivity contribution < 1.29 is 18.9 Å². The minimum Gasteiger partial charge on any atom is -0.496 e. The maximum Gasteiger partial charge on any atom is 0.231 e. The standard InChI is InChI=1S/C16H16N2O4/c1-19-14-4-2-11(8-18-17)6-12(14)9-20-13-3-5-15-16(7-13)22-10-21-15/h2-8H,9-10,17H2,1H3. The molecule has 0 atom stereocenters. The predicted octanol–water partition coefficient (Wildman–Crippen LogP) is 2.30. The van der Waals surface area contributed by atoms with Crippen LogP contribution < -0.4 is 24.8 Å². The summed E-state index contributed by atoms with van der Waals surface area (Å²) < 4.78 is 21.7. The highest BCUT2D eigenvalue weighted by molar-refractivity contribution is 5.80. The van der Waals surface area contributed by atoms with Gasteiger partial charge in [0.05, 0.1) is 13.3 Å². The molecule has 0 spiro atoms. The van der Waals surface area contributed by atoms with Crippen molar-refractivity contribution in [2.24, 2.45) is 10.9 Å². The van der Waals surface area contributed by atoms with E-state index in [9.17, 15) is 0 Å². The molecule has 6 nitrogen and oxygen atoms in total. The van der Waals surface area contributed by atoms with E-state index in [0.717, 1.165) is 22.6 Å². The van der Waals surface area contributed by atoms with Gasteiger partial charge in [-0.15, -0.1) is 0 Å². The van der Waals surface area contributed by atoms with Crippen LogP contribution in [0.5, 0.6) is 23.0 Å². The first-order chi connectivity index (χ1) is 10.8. The highest BCUT2D eigenvalue weighted by Gasteiger charge is 2.14. The summed E-state index contributed by atoms with van der Waals surface area (Å²) in [6, 6.07) is 11.1. The Hall–Kier alpha value is -2.89. The van der Waals surface area contributed by atoms with Gasteiger partial charge in [0.15, 0.2) is 11.5 Å². The highest BCUT2D eigenvalue weighted by Crippen LogP contribution is 2.35. The summed E-state index contributed by atoms with van der Waals surface area (Å²) in [5.41, 5.74) is 1.78. The van der Waals surface area contributed by atoms with Crippen LogP contribution in [0, 0.1) is 0 Å². The van der Waals surface area contributed by atoms with Crippen LogP contribution in [0.1, 0.15) is 11.1 Å². The third-order valence-electron chi connectivity index (χ3n) is 3.27. The van der Waals surface area contributed by atoms with E-state index in [4.69, 9.17) is 24.8 Å². The van der Waals surface area contributed by atoms with Crippen LogP contribution in [0.3, 0.4) is 0 Å². The van der Waals surface area contributed by atoms with Crippen molar-refractivity contribution in [3.63, 3.8) is 0 Å². The summed E-state index contributed by atoms with van der Waals surface area (Å²) in [7, 11) is 1.62. The monoisotopic (exact) mass is 300 g/mol. The van der Waals surface area contributed by atoms with E-state index in [1.807, 2.05) is 30.3 Å². The lowest BCUT2D eigenvalue weighted by molar-refractivity contribution is 0.173. The molecule has 0 unspecified atom stereocenters. The Morgan fingerprint density at radius 1 is 1.18 bits per heavy atom. The zero-order valence-corrected chi connectivity index (χ0v) is 12.1. The van der Waals surface area contributed by atoms with Gasteiger partial charge in [0.1, 0.15) is 18.1 Å². The van der Waals surface area contributed by atoms with Gasteiger partial charge in [0.25, 0.3) is 0 Å². The first-order valence-electron chi connectivity index (χ1n) is 6.73. The molecule has 22 heavy (non-hydrogen) atoms. The molecule has 0 aliphatic carbocycles. The molecule has 0 bridgehead atoms. The summed E-state index contributed by atoms with van der Waals surface area (Å²) >= 11 is 0. The lowest BCUT2D eigenvalue weighted by Gasteiger charge is -2.11. The third kappa shape index (κ3) is 2.90. The Labute approximate surface area is 128 Å². The van der Waals surface area contributed by atoms with Crippen LogP contribution in [0.25, 0.3) is 0 Å². The Bertz CT molecular complexity index is 701. The average Bonchev–Trinajstić information content (AvgIpc) is 3.01. The number of nitrogens with two attached hydrogens (primary N) is 1. The second kappa shape index (κ2) is 6.26. The van der Waals surface area contributed by atoms with Crippen LogP contribution >= 0.6 is 0 Å². The molecule has 3 rings (SSSR count). The van der Waals surface area contributed by atoms with Crippen molar-refractivity contribution in [3.8, 4) is 23.0 Å². The van der Waals surface area contributed by atoms with Gasteiger partial charge in [-0.3, -0.25) is 0 Å². The van der Waals surface area contributed by atoms with Crippen LogP contribution in [0.15, 0.2) is 41.5 Å². The Balaban J connectivity index is 1.76. The van der Waals surface area contributed by atoms with Gasteiger partial charge in [-0.05, 0) is 35.9 Å². The Kier molecular flexibility index (Phi) is 4.00. The summed E-state index contributed by atoms with van der Waals surface area (Å²) in [4.78, 5) is 0. The van der Waals surface area contributed by atoms with E-state index < -0.39 is 0 Å². The van der Waals surface area contributed by atoms with Gasteiger partial charge >= 0.3 is 0 Å². The minimum atomic E-state index is 0.243. The fraction of sp³-hybridized carbons (Fsp3) is 0.188. The van der Waals surface area contributed by atoms with Crippen LogP contribution in [-0.2, 0) is 6.61 Å². The van der Waals surface area contributed by atoms with Crippen molar-refractivity contribution in [1.29, 1.82) is 0 Å². The molecule has 0 fully saturated rings. The maximum atomic E-state index is 5.80. The molecule has 0 saturated heterocycles. The minimum absolute atomic E-state index is 0.243. The molecule has 1 aliphatic rings. The second-order valence-electron chi connectivity index (χ2n) is 4.65. The normalized spacial score (nSPS) is 12.6. The van der Waals surface area contributed by atoms with E-state index >= 15 is 0 Å². The molecule has 1 heterocycles. The topological polar surface area (TPSA) is 75.3 Å². The zero-order chi connectivity index (χ0) is 15.4. The molecule has 2 aromatic rings. The number of hydrazone groups is 1. The fourth-order valence-corrected chi connectivity index (χ4v) is 2.21. The van der Waals surface area contributed by atoms with E-state index in [1.54, 1.807) is 19.4 Å². The molecule has 0 radical (unpaired) electrons. The van der Waals surface area contributed by atoms with E-state index in [-0.39, 0.29) is 6.79 Å². The molecule has 0 amide bonds. The second-order valence-corrected chi connectivity index (χ2v) is 4.65. The Morgan fingerprint density at radius 3 is 2.86 bits per heavy atom. The zero-order valence-electron chi connectivity index (χ0n) is 12.1. The van der Waals surface area contributed by atoms with Crippen LogP contribution in [-0.4, -0.2) is 20.1 Å². The van der Waals surface area contributed by atoms with Crippen molar-refractivity contribution >= 4 is 6.21 Å². The average molecular weight is 300 g/mol. The van der Waals surface area contributed by atoms with Crippen molar-refractivity contribution in [2.75, 3.05) is 13.9 Å². The van der Waals surface area contributed by atoms with E-state index in [0.29, 0.717) is 18.1 Å². The number of hydrogen-bond donors (Lipinski definition) is 1. The molecule has 114 valence electrons. The summed E-state index contributed by atoms with van der Waals surface area (Å²) in [6.45, 7) is 0.599. The van der Waals surface area contributed by atoms with Crippen LogP contribution in [0.4, 0.5) is 0 Å². The Morgan fingerprint density at radius 2 is 2.05 bits per heavy atom. The highest BCUT2D eigenvalue weighted by atomic mass is 16.7. The number of fused-ring (bicyclic) bond motifs is 1. The predicted molar refractivity (Wildman–Crippen MR) is 81.7 cm³/mol. The van der Waals surface area contributed by atoms with Gasteiger partial charge < -0.3 is 24.8 Å². The number of hydrogen-bond acceptors (Lipinski definition) is 6. The first kappa shape index (κ1) is 14.1. The van der Waals surface area contributed by atoms with E-state index in [2.05, 4.69) is 5.10 Å². The summed E-state index contributed by atoms with van der Waals surface area (Å²) in [5.74, 6) is 8.04. The van der Waals surface area contributed by atoms with Gasteiger partial charge in [-0.25, -0.2) is 0 Å². The first-order valence-corrected chi connectivity index (χ1v) is 6.73. The number of methoxy groups -OCH3 is 1. The van der Waals surface area contributed by atoms with E-state index in [1.165, 1.54) is 0 Å². The summed E-state index contributed by atoms with van der Waals surface area (Å²) in [5, 5.41) is 3.52. The molecule has 0 aromatic heterocycles. The van der Waals surface area contributed by atoms with Gasteiger partial charge in [0.2, 0.25) is 6.79 Å². The third-order valence-corrected chi connectivity index (χ3v) is 3.27. The molecule has 2 aromatic carbocycles. The van der Waals surface area contributed by atoms with Gasteiger partial charge in [-0.1, -0.05) is 0 Å². The lowest BCUT2D eigenvalue weighted by Crippen LogP contribution is -2.00. The van der Waals surface area contributed by atoms with Crippen LogP contribution in [0.2, 0.25) is 0 Å². The molecule has 2 N–H and O–H groups in total. The lowest BCUT2D eigenvalue weighted by atomic mass is 10.1. The number of benzene rings is 2. The summed E-state index contributed by atoms with van der Waals surface area (Å²) in [6.07, 6.45) is 1.57. The van der Waals surface area contributed by atoms with Gasteiger partial charge in [0, 0.05) is 11.6 Å². The number of nitrogens with zero attached hydrogens (tertiary/aromatic N) is 1. The SMILES string of the molecule is COc1ccc(C=NN)cc1COc1ccc2c(c1)OCO2. The molecule has 6 heteroatoms. The van der Waals surface area contributed by atoms with Crippen molar-refractivity contribution in [2.45, 2.75) is 6.61 Å². The molecule has 1 aliphatic heterocycles. The maximum absolute atomic E-state index is 5.80. The van der Waals surface area contributed by atoms with Crippen molar-refractivity contribution in [1.82, 2.24) is 0 Å². The number of rotatable bonds is 5. The molecule has 0 saturated carbocycles. The fourth-order valence-electron chi connectivity index (χ4n) is 2.21. The largest absolute Gasteiger partial charge is 0.496 e. The quantitative estimate of drug-likeness (QED) is 0.521. The number of ether oxygens (including phenoxy) is 4. The smallest absolute Gasteiger partial charge is 0.231 e. The van der Waals surface area contributed by atoms with Gasteiger partial charge in [-0.2, -0.15) is 5.10 Å². The molecular weight excluding hydrogens is 284 g/mol.